The predicted octanol–water partition coefficient (Wildman–Crippen LogP) is 6.51. The number of carbonyl (C=O) groups excluding carboxylic acids is 1. The Morgan fingerprint density at radius 1 is 1.00 bits per heavy atom. The van der Waals surface area contributed by atoms with E-state index >= 15 is 0 Å². The molecule has 2 aromatic carbocycles. The zero-order chi connectivity index (χ0) is 20.8. The first-order valence-corrected chi connectivity index (χ1v) is 10.5. The molecule has 0 aliphatic heterocycles. The van der Waals surface area contributed by atoms with Crippen molar-refractivity contribution in [1.82, 2.24) is 5.32 Å². The summed E-state index contributed by atoms with van der Waals surface area (Å²) in [5.74, 6) is 1.08. The molecule has 0 saturated heterocycles. The van der Waals surface area contributed by atoms with E-state index in [4.69, 9.17) is 16.3 Å². The lowest BCUT2D eigenvalue weighted by Crippen LogP contribution is -2.38. The maximum Gasteiger partial charge on any atom is 0.261 e. The van der Waals surface area contributed by atoms with Gasteiger partial charge in [0, 0.05) is 5.02 Å². The second kappa shape index (κ2) is 9.97. The van der Waals surface area contributed by atoms with Crippen LogP contribution >= 0.6 is 11.6 Å². The standard InChI is InChI=1S/C24H32ClNO2/c1-7-15(3)19-9-11-20(12-10-19)22(8-2)26-24(27)18(6)28-21-13-16(4)23(25)17(5)14-21/h9-15,18,22H,7-8H2,1-6H3,(H,26,27)/t15-,18-,22+/m0/s1. The lowest BCUT2D eigenvalue weighted by Gasteiger charge is -2.22. The third-order valence-corrected chi connectivity index (χ3v) is 5.93. The van der Waals surface area contributed by atoms with Crippen LogP contribution in [0, 0.1) is 13.8 Å². The Kier molecular flexibility index (Phi) is 7.94. The molecular formula is C24H32ClNO2. The average molecular weight is 402 g/mol. The van der Waals surface area contributed by atoms with Gasteiger partial charge < -0.3 is 10.1 Å². The van der Waals surface area contributed by atoms with E-state index in [2.05, 4.69) is 50.4 Å². The summed E-state index contributed by atoms with van der Waals surface area (Å²) in [6.45, 7) is 12.1. The lowest BCUT2D eigenvalue weighted by molar-refractivity contribution is -0.128. The van der Waals surface area contributed by atoms with Crippen LogP contribution in [0.2, 0.25) is 5.02 Å². The minimum absolute atomic E-state index is 0.0294. The zero-order valence-electron chi connectivity index (χ0n) is 17.8. The average Bonchev–Trinajstić information content (AvgIpc) is 2.69. The Labute approximate surface area is 174 Å². The topological polar surface area (TPSA) is 38.3 Å². The van der Waals surface area contributed by atoms with Crippen molar-refractivity contribution in [1.29, 1.82) is 0 Å². The van der Waals surface area contributed by atoms with Crippen LogP contribution in [-0.2, 0) is 4.79 Å². The molecule has 1 amide bonds. The Morgan fingerprint density at radius 3 is 2.04 bits per heavy atom. The molecule has 0 unspecified atom stereocenters. The van der Waals surface area contributed by atoms with Crippen LogP contribution in [0.3, 0.4) is 0 Å². The van der Waals surface area contributed by atoms with Crippen LogP contribution in [0.5, 0.6) is 5.75 Å². The molecule has 0 heterocycles. The van der Waals surface area contributed by atoms with Gasteiger partial charge in [-0.25, -0.2) is 0 Å². The molecule has 3 nitrogen and oxygen atoms in total. The van der Waals surface area contributed by atoms with Gasteiger partial charge in [-0.05, 0) is 73.9 Å². The molecule has 2 rings (SSSR count). The van der Waals surface area contributed by atoms with Gasteiger partial charge in [-0.2, -0.15) is 0 Å². The van der Waals surface area contributed by atoms with Crippen LogP contribution in [0.1, 0.15) is 74.8 Å². The number of benzene rings is 2. The molecule has 0 saturated carbocycles. The highest BCUT2D eigenvalue weighted by Crippen LogP contribution is 2.27. The first-order chi connectivity index (χ1) is 13.3. The first kappa shape index (κ1) is 22.3. The summed E-state index contributed by atoms with van der Waals surface area (Å²) in [4.78, 5) is 12.7. The van der Waals surface area contributed by atoms with Crippen molar-refractivity contribution >= 4 is 17.5 Å². The van der Waals surface area contributed by atoms with E-state index in [-0.39, 0.29) is 11.9 Å². The van der Waals surface area contributed by atoms with Crippen LogP contribution in [0.15, 0.2) is 36.4 Å². The Balaban J connectivity index is 2.04. The molecular weight excluding hydrogens is 370 g/mol. The number of halogens is 1. The van der Waals surface area contributed by atoms with E-state index in [9.17, 15) is 4.79 Å². The molecule has 4 heteroatoms. The maximum absolute atomic E-state index is 12.7. The molecule has 0 aliphatic rings. The minimum atomic E-state index is -0.589. The third kappa shape index (κ3) is 5.51. The van der Waals surface area contributed by atoms with E-state index in [0.717, 1.165) is 34.6 Å². The molecule has 0 aliphatic carbocycles. The van der Waals surface area contributed by atoms with E-state index in [1.807, 2.05) is 26.0 Å². The molecule has 0 bridgehead atoms. The molecule has 0 aromatic heterocycles. The van der Waals surface area contributed by atoms with Crippen LogP contribution < -0.4 is 10.1 Å². The van der Waals surface area contributed by atoms with Crippen molar-refractivity contribution in [3.8, 4) is 5.75 Å². The molecule has 0 spiro atoms. The number of rotatable bonds is 8. The highest BCUT2D eigenvalue weighted by Gasteiger charge is 2.20. The fourth-order valence-electron chi connectivity index (χ4n) is 3.23. The third-order valence-electron chi connectivity index (χ3n) is 5.34. The van der Waals surface area contributed by atoms with Gasteiger partial charge in [0.1, 0.15) is 5.75 Å². The van der Waals surface area contributed by atoms with E-state index in [1.54, 1.807) is 6.92 Å². The maximum atomic E-state index is 12.7. The van der Waals surface area contributed by atoms with Gasteiger partial charge in [0.25, 0.3) is 5.91 Å². The Morgan fingerprint density at radius 2 is 1.54 bits per heavy atom. The first-order valence-electron chi connectivity index (χ1n) is 10.1. The smallest absolute Gasteiger partial charge is 0.261 e. The highest BCUT2D eigenvalue weighted by atomic mass is 35.5. The largest absolute Gasteiger partial charge is 0.481 e. The number of amides is 1. The molecule has 1 N–H and O–H groups in total. The quantitative estimate of drug-likeness (QED) is 0.547. The monoisotopic (exact) mass is 401 g/mol. The van der Waals surface area contributed by atoms with Gasteiger partial charge in [0.05, 0.1) is 6.04 Å². The normalized spacial score (nSPS) is 14.2. The van der Waals surface area contributed by atoms with Gasteiger partial charge in [-0.3, -0.25) is 4.79 Å². The predicted molar refractivity (Wildman–Crippen MR) is 117 cm³/mol. The van der Waals surface area contributed by atoms with E-state index in [1.165, 1.54) is 5.56 Å². The van der Waals surface area contributed by atoms with Crippen LogP contribution in [0.25, 0.3) is 0 Å². The molecule has 0 fully saturated rings. The zero-order valence-corrected chi connectivity index (χ0v) is 18.6. The van der Waals surface area contributed by atoms with Gasteiger partial charge in [-0.15, -0.1) is 0 Å². The number of ether oxygens (including phenoxy) is 1. The number of nitrogens with one attached hydrogen (secondary N) is 1. The van der Waals surface area contributed by atoms with Crippen molar-refractivity contribution in [3.05, 3.63) is 63.7 Å². The van der Waals surface area contributed by atoms with Crippen molar-refractivity contribution < 1.29 is 9.53 Å². The number of aryl methyl sites for hydroxylation is 2. The van der Waals surface area contributed by atoms with Crippen molar-refractivity contribution in [2.75, 3.05) is 0 Å². The summed E-state index contributed by atoms with van der Waals surface area (Å²) in [6.07, 6.45) is 1.35. The van der Waals surface area contributed by atoms with Gasteiger partial charge in [0.15, 0.2) is 6.10 Å². The van der Waals surface area contributed by atoms with E-state index in [0.29, 0.717) is 11.7 Å². The summed E-state index contributed by atoms with van der Waals surface area (Å²) in [5.41, 5.74) is 4.33. The van der Waals surface area contributed by atoms with Crippen molar-refractivity contribution in [2.24, 2.45) is 0 Å². The van der Waals surface area contributed by atoms with Gasteiger partial charge >= 0.3 is 0 Å². The Hall–Kier alpha value is -2.00. The van der Waals surface area contributed by atoms with Crippen LogP contribution in [0.4, 0.5) is 0 Å². The molecule has 0 radical (unpaired) electrons. The second-order valence-corrected chi connectivity index (χ2v) is 7.95. The van der Waals surface area contributed by atoms with Crippen molar-refractivity contribution in [2.45, 2.75) is 72.4 Å². The van der Waals surface area contributed by atoms with Crippen LogP contribution in [-0.4, -0.2) is 12.0 Å². The molecule has 3 atom stereocenters. The summed E-state index contributed by atoms with van der Waals surface area (Å²) in [6, 6.07) is 12.3. The van der Waals surface area contributed by atoms with E-state index < -0.39 is 6.10 Å². The van der Waals surface area contributed by atoms with Gasteiger partial charge in [0.2, 0.25) is 0 Å². The fourth-order valence-corrected chi connectivity index (χ4v) is 3.34. The molecule has 2 aromatic rings. The minimum Gasteiger partial charge on any atom is -0.481 e. The molecule has 152 valence electrons. The van der Waals surface area contributed by atoms with Gasteiger partial charge in [-0.1, -0.05) is 56.6 Å². The number of hydrogen-bond acceptors (Lipinski definition) is 2. The summed E-state index contributed by atoms with van der Waals surface area (Å²) >= 11 is 6.21. The highest BCUT2D eigenvalue weighted by molar-refractivity contribution is 6.32. The molecule has 28 heavy (non-hydrogen) atoms. The lowest BCUT2D eigenvalue weighted by atomic mass is 9.95. The number of hydrogen-bond donors (Lipinski definition) is 1. The van der Waals surface area contributed by atoms with Crippen molar-refractivity contribution in [3.63, 3.8) is 0 Å². The fraction of sp³-hybridized carbons (Fsp3) is 0.458. The second-order valence-electron chi connectivity index (χ2n) is 7.58. The summed E-state index contributed by atoms with van der Waals surface area (Å²) in [5, 5.41) is 3.85. The Bertz CT molecular complexity index is 778. The summed E-state index contributed by atoms with van der Waals surface area (Å²) < 4.78 is 5.87. The SMILES string of the molecule is CC[C@H](C)c1ccc([C@@H](CC)NC(=O)[C@H](C)Oc2cc(C)c(Cl)c(C)c2)cc1. The summed E-state index contributed by atoms with van der Waals surface area (Å²) in [7, 11) is 0. The number of carbonyl (C=O) groups is 1.